The Labute approximate surface area is 218 Å². The molecular formula is C27H30F3N5O3. The molecule has 202 valence electrons. The molecule has 8 nitrogen and oxygen atoms in total. The van der Waals surface area contributed by atoms with Gasteiger partial charge in [0, 0.05) is 18.3 Å². The number of imidazole rings is 1. The highest BCUT2D eigenvalue weighted by molar-refractivity contribution is 5.94. The first-order chi connectivity index (χ1) is 17.9. The van der Waals surface area contributed by atoms with Crippen LogP contribution in [0.25, 0.3) is 5.82 Å². The van der Waals surface area contributed by atoms with Crippen LogP contribution in [0.1, 0.15) is 60.8 Å². The molecule has 0 aliphatic heterocycles. The van der Waals surface area contributed by atoms with Gasteiger partial charge in [0.05, 0.1) is 31.5 Å². The number of methoxy groups -OCH3 is 1. The van der Waals surface area contributed by atoms with Crippen molar-refractivity contribution >= 4 is 17.6 Å². The summed E-state index contributed by atoms with van der Waals surface area (Å²) in [7, 11) is 1.30. The highest BCUT2D eigenvalue weighted by atomic mass is 19.4. The summed E-state index contributed by atoms with van der Waals surface area (Å²) >= 11 is 0. The monoisotopic (exact) mass is 529 g/mol. The van der Waals surface area contributed by atoms with E-state index >= 15 is 0 Å². The van der Waals surface area contributed by atoms with Gasteiger partial charge in [0.25, 0.3) is 5.91 Å². The molecule has 2 N–H and O–H groups in total. The maximum atomic E-state index is 12.9. The smallest absolute Gasteiger partial charge is 0.434 e. The molecule has 1 saturated carbocycles. The second-order valence-corrected chi connectivity index (χ2v) is 10.2. The molecule has 1 aromatic carbocycles. The Bertz CT molecular complexity index is 1260. The molecule has 38 heavy (non-hydrogen) atoms. The van der Waals surface area contributed by atoms with Crippen molar-refractivity contribution in [2.75, 3.05) is 19.0 Å². The lowest BCUT2D eigenvalue weighted by Gasteiger charge is -2.47. The third-order valence-corrected chi connectivity index (χ3v) is 6.68. The lowest BCUT2D eigenvalue weighted by Crippen LogP contribution is -2.38. The van der Waals surface area contributed by atoms with Gasteiger partial charge in [-0.15, -0.1) is 0 Å². The normalized spacial score (nSPS) is 15.8. The molecular weight excluding hydrogens is 499 g/mol. The zero-order valence-corrected chi connectivity index (χ0v) is 21.4. The van der Waals surface area contributed by atoms with E-state index in [1.807, 2.05) is 12.1 Å². The van der Waals surface area contributed by atoms with Crippen LogP contribution in [0.15, 0.2) is 55.1 Å². The summed E-state index contributed by atoms with van der Waals surface area (Å²) < 4.78 is 44.4. The molecule has 1 atom stereocenters. The molecule has 1 aliphatic carbocycles. The van der Waals surface area contributed by atoms with Crippen molar-refractivity contribution in [2.24, 2.45) is 11.3 Å². The van der Waals surface area contributed by atoms with Crippen molar-refractivity contribution < 1.29 is 27.5 Å². The quantitative estimate of drug-likeness (QED) is 0.371. The van der Waals surface area contributed by atoms with Crippen molar-refractivity contribution in [3.63, 3.8) is 0 Å². The van der Waals surface area contributed by atoms with Crippen LogP contribution in [-0.4, -0.2) is 40.1 Å². The second kappa shape index (κ2) is 10.8. The van der Waals surface area contributed by atoms with E-state index in [9.17, 15) is 22.8 Å². The molecule has 2 heterocycles. The van der Waals surface area contributed by atoms with Crippen molar-refractivity contribution in [2.45, 2.75) is 45.3 Å². The van der Waals surface area contributed by atoms with Crippen molar-refractivity contribution in [1.29, 1.82) is 0 Å². The van der Waals surface area contributed by atoms with Gasteiger partial charge in [-0.1, -0.05) is 26.0 Å². The first kappa shape index (κ1) is 27.2. The van der Waals surface area contributed by atoms with Crippen LogP contribution in [-0.2, 0) is 15.7 Å². The average Bonchev–Trinajstić information content (AvgIpc) is 3.37. The molecule has 3 aromatic rings. The van der Waals surface area contributed by atoms with Crippen molar-refractivity contribution in [3.05, 3.63) is 71.9 Å². The van der Waals surface area contributed by atoms with Gasteiger partial charge in [-0.05, 0) is 54.0 Å². The van der Waals surface area contributed by atoms with E-state index in [1.165, 1.54) is 11.7 Å². The predicted molar refractivity (Wildman–Crippen MR) is 135 cm³/mol. The fraction of sp³-hybridized carbons (Fsp3) is 0.407. The van der Waals surface area contributed by atoms with E-state index in [1.54, 1.807) is 30.5 Å². The Balaban J connectivity index is 1.46. The number of carbonyl (C=O) groups is 2. The molecule has 0 radical (unpaired) electrons. The second-order valence-electron chi connectivity index (χ2n) is 10.2. The number of ether oxygens (including phenoxy) is 1. The number of rotatable bonds is 9. The Morgan fingerprint density at radius 3 is 2.39 bits per heavy atom. The van der Waals surface area contributed by atoms with Crippen LogP contribution in [0, 0.1) is 11.3 Å². The number of esters is 1. The van der Waals surface area contributed by atoms with Gasteiger partial charge in [-0.3, -0.25) is 14.2 Å². The van der Waals surface area contributed by atoms with Crippen LogP contribution in [0.3, 0.4) is 0 Å². The first-order valence-electron chi connectivity index (χ1n) is 12.2. The summed E-state index contributed by atoms with van der Waals surface area (Å²) in [5.41, 5.74) is 1.48. The highest BCUT2D eigenvalue weighted by Gasteiger charge is 2.41. The zero-order valence-electron chi connectivity index (χ0n) is 21.4. The molecule has 1 aliphatic rings. The molecule has 1 unspecified atom stereocenters. The lowest BCUT2D eigenvalue weighted by molar-refractivity contribution is -0.141. The number of pyridine rings is 1. The maximum Gasteiger partial charge on any atom is 0.434 e. The minimum absolute atomic E-state index is 0.0443. The summed E-state index contributed by atoms with van der Waals surface area (Å²) in [5, 5.41) is 6.23. The fourth-order valence-electron chi connectivity index (χ4n) is 4.79. The topological polar surface area (TPSA) is 98.1 Å². The number of halogens is 3. The standard InChI is InChI=1S/C27H30F3N5O3/c1-26(2)12-19(13-26)24(17-4-6-18(7-5-17)25(37)31-11-10-23(36)38-3)34-20-8-9-22(32-14-20)35-15-21(33-16-35)27(28,29)30/h4-9,14-16,19,24,34H,10-13H2,1-3H3,(H,31,37). The van der Waals surface area contributed by atoms with Crippen molar-refractivity contribution in [1.82, 2.24) is 19.9 Å². The Morgan fingerprint density at radius 1 is 1.13 bits per heavy atom. The van der Waals surface area contributed by atoms with E-state index in [4.69, 9.17) is 0 Å². The van der Waals surface area contributed by atoms with Crippen LogP contribution >= 0.6 is 0 Å². The third-order valence-electron chi connectivity index (χ3n) is 6.68. The maximum absolute atomic E-state index is 12.9. The summed E-state index contributed by atoms with van der Waals surface area (Å²) in [4.78, 5) is 31.4. The van der Waals surface area contributed by atoms with E-state index in [0.29, 0.717) is 17.3 Å². The number of hydrogen-bond donors (Lipinski definition) is 2. The van der Waals surface area contributed by atoms with Crippen LogP contribution in [0.5, 0.6) is 0 Å². The molecule has 0 spiro atoms. The number of amides is 1. The largest absolute Gasteiger partial charge is 0.469 e. The zero-order chi connectivity index (χ0) is 27.5. The highest BCUT2D eigenvalue weighted by Crippen LogP contribution is 2.51. The molecule has 0 bridgehead atoms. The first-order valence-corrected chi connectivity index (χ1v) is 12.2. The van der Waals surface area contributed by atoms with Crippen LogP contribution < -0.4 is 10.6 Å². The summed E-state index contributed by atoms with van der Waals surface area (Å²) in [6, 6.07) is 10.7. The van der Waals surface area contributed by atoms with E-state index in [-0.39, 0.29) is 30.3 Å². The van der Waals surface area contributed by atoms with Crippen LogP contribution in [0.4, 0.5) is 18.9 Å². The average molecular weight is 530 g/mol. The number of alkyl halides is 3. The Kier molecular flexibility index (Phi) is 7.75. The lowest BCUT2D eigenvalue weighted by atomic mass is 9.61. The third kappa shape index (κ3) is 6.51. The van der Waals surface area contributed by atoms with Crippen LogP contribution in [0.2, 0.25) is 0 Å². The number of nitrogens with one attached hydrogen (secondary N) is 2. The molecule has 1 amide bonds. The fourth-order valence-corrected chi connectivity index (χ4v) is 4.79. The minimum atomic E-state index is -4.52. The van der Waals surface area contributed by atoms with E-state index < -0.39 is 17.8 Å². The van der Waals surface area contributed by atoms with Gasteiger partial charge in [-0.2, -0.15) is 13.2 Å². The molecule has 11 heteroatoms. The number of carbonyl (C=O) groups excluding carboxylic acids is 2. The summed E-state index contributed by atoms with van der Waals surface area (Å²) in [6.45, 7) is 4.63. The number of anilines is 1. The minimum Gasteiger partial charge on any atom is -0.469 e. The van der Waals surface area contributed by atoms with Gasteiger partial charge < -0.3 is 15.4 Å². The number of hydrogen-bond acceptors (Lipinski definition) is 6. The van der Waals surface area contributed by atoms with Crippen molar-refractivity contribution in [3.8, 4) is 5.82 Å². The predicted octanol–water partition coefficient (Wildman–Crippen LogP) is 5.17. The molecule has 4 rings (SSSR count). The Hall–Kier alpha value is -3.89. The van der Waals surface area contributed by atoms with E-state index in [2.05, 4.69) is 39.2 Å². The molecule has 0 saturated heterocycles. The van der Waals surface area contributed by atoms with Gasteiger partial charge >= 0.3 is 12.1 Å². The number of aromatic nitrogens is 3. The van der Waals surface area contributed by atoms with Gasteiger partial charge in [0.1, 0.15) is 12.1 Å². The van der Waals surface area contributed by atoms with E-state index in [0.717, 1.165) is 36.6 Å². The molecule has 2 aromatic heterocycles. The number of nitrogens with zero attached hydrogens (tertiary/aromatic N) is 3. The van der Waals surface area contributed by atoms with Gasteiger partial charge in [-0.25, -0.2) is 9.97 Å². The number of benzene rings is 1. The summed E-state index contributed by atoms with van der Waals surface area (Å²) in [5.74, 6) is 0.00847. The van der Waals surface area contributed by atoms with Gasteiger partial charge in [0.2, 0.25) is 0 Å². The summed E-state index contributed by atoms with van der Waals surface area (Å²) in [6.07, 6.45) is 1.19. The molecule has 1 fully saturated rings. The van der Waals surface area contributed by atoms with Gasteiger partial charge in [0.15, 0.2) is 5.69 Å². The SMILES string of the molecule is COC(=O)CCNC(=O)c1ccc(C(Nc2ccc(-n3cnc(C(F)(F)F)c3)nc2)C2CC(C)(C)C2)cc1. The Morgan fingerprint density at radius 2 is 1.84 bits per heavy atom.